The smallest absolute Gasteiger partial charge is 0.0542 e. The predicted octanol–water partition coefficient (Wildman–Crippen LogP) is 4.00. The maximum absolute atomic E-state index is 3.98. The Balaban J connectivity index is 2.34. The highest BCUT2D eigenvalue weighted by Crippen LogP contribution is 2.27. The molecule has 0 aromatic heterocycles. The van der Waals surface area contributed by atoms with Gasteiger partial charge in [0.15, 0.2) is 0 Å². The topological polar surface area (TPSA) is 0 Å². The molecule has 0 radical (unpaired) electrons. The summed E-state index contributed by atoms with van der Waals surface area (Å²) < 4.78 is 0.424. The molecule has 2 rings (SSSR count). The minimum absolute atomic E-state index is 0.424. The summed E-state index contributed by atoms with van der Waals surface area (Å²) in [7, 11) is 0. The van der Waals surface area contributed by atoms with Crippen LogP contribution in [0.5, 0.6) is 0 Å². The molecule has 0 aliphatic heterocycles. The van der Waals surface area contributed by atoms with E-state index in [9.17, 15) is 0 Å². The summed E-state index contributed by atoms with van der Waals surface area (Å²) in [5.41, 5.74) is 3.74. The Bertz CT molecular complexity index is 399. The highest BCUT2D eigenvalue weighted by Gasteiger charge is 2.09. The molecule has 0 spiro atoms. The van der Waals surface area contributed by atoms with E-state index in [1.165, 1.54) is 16.7 Å². The summed E-state index contributed by atoms with van der Waals surface area (Å²) in [5, 5.41) is 0. The summed E-state index contributed by atoms with van der Waals surface area (Å²) in [4.78, 5) is 0. The standard InChI is InChI=1S/C13H11I/c1-10-7-8-12(9-13(10)14)11-5-3-2-4-6-11/h2-9,13H,1H2. The number of alkyl halides is 1. The Morgan fingerprint density at radius 1 is 1.07 bits per heavy atom. The van der Waals surface area contributed by atoms with Crippen molar-refractivity contribution in [3.63, 3.8) is 0 Å². The van der Waals surface area contributed by atoms with Gasteiger partial charge in [0.1, 0.15) is 0 Å². The van der Waals surface area contributed by atoms with Crippen molar-refractivity contribution in [1.29, 1.82) is 0 Å². The molecule has 1 atom stereocenters. The van der Waals surface area contributed by atoms with Crippen LogP contribution in [-0.2, 0) is 0 Å². The molecule has 0 N–H and O–H groups in total. The van der Waals surface area contributed by atoms with Crippen molar-refractivity contribution in [2.75, 3.05) is 0 Å². The van der Waals surface area contributed by atoms with Crippen molar-refractivity contribution in [1.82, 2.24) is 0 Å². The largest absolute Gasteiger partial charge is 0.0944 e. The van der Waals surface area contributed by atoms with Crippen LogP contribution in [-0.4, -0.2) is 3.92 Å². The van der Waals surface area contributed by atoms with Crippen LogP contribution < -0.4 is 0 Å². The van der Waals surface area contributed by atoms with E-state index in [-0.39, 0.29) is 0 Å². The van der Waals surface area contributed by atoms with E-state index in [0.717, 1.165) is 0 Å². The van der Waals surface area contributed by atoms with Crippen LogP contribution in [0.15, 0.2) is 60.7 Å². The van der Waals surface area contributed by atoms with Gasteiger partial charge in [-0.25, -0.2) is 0 Å². The zero-order valence-electron chi connectivity index (χ0n) is 7.78. The SMILES string of the molecule is C=C1C=CC(c2ccccc2)=CC1I. The number of halogens is 1. The monoisotopic (exact) mass is 294 g/mol. The number of hydrogen-bond acceptors (Lipinski definition) is 0. The van der Waals surface area contributed by atoms with Gasteiger partial charge in [0, 0.05) is 0 Å². The summed E-state index contributed by atoms with van der Waals surface area (Å²) in [6.07, 6.45) is 6.48. The Hall–Kier alpha value is -0.830. The fourth-order valence-corrected chi connectivity index (χ4v) is 2.03. The Kier molecular flexibility index (Phi) is 2.87. The van der Waals surface area contributed by atoms with Crippen molar-refractivity contribution < 1.29 is 0 Å². The van der Waals surface area contributed by atoms with Crippen LogP contribution in [0.1, 0.15) is 5.56 Å². The molecule has 1 aliphatic carbocycles. The van der Waals surface area contributed by atoms with E-state index in [1.807, 2.05) is 6.07 Å². The first-order chi connectivity index (χ1) is 6.77. The average molecular weight is 294 g/mol. The minimum Gasteiger partial charge on any atom is -0.0944 e. The number of allylic oxidation sites excluding steroid dienone is 5. The van der Waals surface area contributed by atoms with Gasteiger partial charge in [-0.05, 0) is 16.7 Å². The van der Waals surface area contributed by atoms with Crippen LogP contribution in [0.3, 0.4) is 0 Å². The summed E-state index contributed by atoms with van der Waals surface area (Å²) in [6.45, 7) is 3.98. The quantitative estimate of drug-likeness (QED) is 0.542. The lowest BCUT2D eigenvalue weighted by molar-refractivity contribution is 1.35. The van der Waals surface area contributed by atoms with Gasteiger partial charge in [0.05, 0.1) is 3.92 Å². The molecule has 1 unspecified atom stereocenters. The first kappa shape index (κ1) is 9.71. The van der Waals surface area contributed by atoms with E-state index in [2.05, 4.69) is 71.7 Å². The number of benzene rings is 1. The fraction of sp³-hybridized carbons (Fsp3) is 0.0769. The van der Waals surface area contributed by atoms with Crippen molar-refractivity contribution in [2.24, 2.45) is 0 Å². The van der Waals surface area contributed by atoms with Gasteiger partial charge in [-0.15, -0.1) is 0 Å². The van der Waals surface area contributed by atoms with E-state index >= 15 is 0 Å². The molecule has 1 heteroatoms. The lowest BCUT2D eigenvalue weighted by Gasteiger charge is -2.13. The van der Waals surface area contributed by atoms with E-state index < -0.39 is 0 Å². The van der Waals surface area contributed by atoms with Gasteiger partial charge in [-0.3, -0.25) is 0 Å². The van der Waals surface area contributed by atoms with E-state index in [1.54, 1.807) is 0 Å². The van der Waals surface area contributed by atoms with Crippen molar-refractivity contribution >= 4 is 28.2 Å². The molecular weight excluding hydrogens is 283 g/mol. The normalized spacial score (nSPS) is 20.8. The van der Waals surface area contributed by atoms with Gasteiger partial charge in [0.2, 0.25) is 0 Å². The molecule has 0 heterocycles. The first-order valence-electron chi connectivity index (χ1n) is 4.55. The van der Waals surface area contributed by atoms with Gasteiger partial charge in [-0.1, -0.05) is 77.7 Å². The zero-order chi connectivity index (χ0) is 9.97. The summed E-state index contributed by atoms with van der Waals surface area (Å²) in [6, 6.07) is 10.4. The van der Waals surface area contributed by atoms with Gasteiger partial charge in [0.25, 0.3) is 0 Å². The molecule has 14 heavy (non-hydrogen) atoms. The second kappa shape index (κ2) is 4.13. The van der Waals surface area contributed by atoms with Gasteiger partial charge >= 0.3 is 0 Å². The molecule has 1 aromatic rings. The lowest BCUT2D eigenvalue weighted by Crippen LogP contribution is -2.00. The Labute approximate surface area is 98.2 Å². The van der Waals surface area contributed by atoms with Gasteiger partial charge in [-0.2, -0.15) is 0 Å². The Morgan fingerprint density at radius 2 is 1.79 bits per heavy atom. The van der Waals surface area contributed by atoms with Gasteiger partial charge < -0.3 is 0 Å². The van der Waals surface area contributed by atoms with Crippen LogP contribution in [0.4, 0.5) is 0 Å². The lowest BCUT2D eigenvalue weighted by atomic mass is 9.98. The third kappa shape index (κ3) is 1.98. The molecule has 0 amide bonds. The second-order valence-electron chi connectivity index (χ2n) is 3.30. The predicted molar refractivity (Wildman–Crippen MR) is 70.5 cm³/mol. The molecule has 0 nitrogen and oxygen atoms in total. The van der Waals surface area contributed by atoms with Crippen molar-refractivity contribution in [3.8, 4) is 0 Å². The maximum atomic E-state index is 3.98. The van der Waals surface area contributed by atoms with Crippen LogP contribution >= 0.6 is 22.6 Å². The summed E-state index contributed by atoms with van der Waals surface area (Å²) in [5.74, 6) is 0. The highest BCUT2D eigenvalue weighted by atomic mass is 127. The van der Waals surface area contributed by atoms with Crippen LogP contribution in [0, 0.1) is 0 Å². The van der Waals surface area contributed by atoms with E-state index in [0.29, 0.717) is 3.92 Å². The fourth-order valence-electron chi connectivity index (χ4n) is 1.43. The maximum Gasteiger partial charge on any atom is 0.0542 e. The molecule has 0 saturated carbocycles. The van der Waals surface area contributed by atoms with Crippen LogP contribution in [0.2, 0.25) is 0 Å². The number of rotatable bonds is 1. The third-order valence-electron chi connectivity index (χ3n) is 2.26. The average Bonchev–Trinajstić information content (AvgIpc) is 2.23. The van der Waals surface area contributed by atoms with Crippen molar-refractivity contribution in [3.05, 3.63) is 66.3 Å². The van der Waals surface area contributed by atoms with Crippen molar-refractivity contribution in [2.45, 2.75) is 3.92 Å². The van der Waals surface area contributed by atoms with Crippen LogP contribution in [0.25, 0.3) is 5.57 Å². The third-order valence-corrected chi connectivity index (χ3v) is 3.42. The Morgan fingerprint density at radius 3 is 2.43 bits per heavy atom. The highest BCUT2D eigenvalue weighted by molar-refractivity contribution is 14.1. The molecule has 0 fully saturated rings. The molecule has 1 aromatic carbocycles. The zero-order valence-corrected chi connectivity index (χ0v) is 9.94. The second-order valence-corrected chi connectivity index (χ2v) is 4.64. The molecule has 1 aliphatic rings. The first-order valence-corrected chi connectivity index (χ1v) is 5.80. The van der Waals surface area contributed by atoms with E-state index in [4.69, 9.17) is 0 Å². The summed E-state index contributed by atoms with van der Waals surface area (Å²) >= 11 is 2.40. The molecular formula is C13H11I. The minimum atomic E-state index is 0.424. The number of hydrogen-bond donors (Lipinski definition) is 0. The molecule has 0 saturated heterocycles. The molecule has 0 bridgehead atoms. The molecule has 70 valence electrons.